The van der Waals surface area contributed by atoms with Gasteiger partial charge in [0.25, 0.3) is 5.91 Å². The van der Waals surface area contributed by atoms with Crippen LogP contribution in [0.25, 0.3) is 0 Å². The topological polar surface area (TPSA) is 40.5 Å². The van der Waals surface area contributed by atoms with Crippen LogP contribution in [0.3, 0.4) is 0 Å². The molecule has 1 aliphatic heterocycles. The summed E-state index contributed by atoms with van der Waals surface area (Å²) in [5.41, 5.74) is 0.532. The van der Waals surface area contributed by atoms with Gasteiger partial charge >= 0.3 is 0 Å². The minimum Gasteiger partial charge on any atom is -0.388 e. The van der Waals surface area contributed by atoms with Gasteiger partial charge in [-0.3, -0.25) is 4.79 Å². The Kier molecular flexibility index (Phi) is 3.69. The molecule has 0 bridgehead atoms. The van der Waals surface area contributed by atoms with Crippen LogP contribution in [0.1, 0.15) is 10.4 Å². The second-order valence-electron chi connectivity index (χ2n) is 4.02. The number of likely N-dealkylation sites (tertiary alicyclic amines) is 1. The van der Waals surface area contributed by atoms with Gasteiger partial charge < -0.3 is 10.0 Å². The number of β-amino-alcohol motifs (C(OH)–C–C–N with tert-alkyl or cyclic N) is 1. The van der Waals surface area contributed by atoms with Crippen LogP contribution in [0, 0.1) is 0 Å². The number of carbonyl (C=O) groups excluding carboxylic acids is 1. The number of nitrogens with zero attached hydrogens (tertiary/aromatic N) is 1. The van der Waals surface area contributed by atoms with Gasteiger partial charge in [0.2, 0.25) is 0 Å². The van der Waals surface area contributed by atoms with Crippen molar-refractivity contribution in [2.24, 2.45) is 0 Å². The highest BCUT2D eigenvalue weighted by molar-refractivity contribution is 7.98. The van der Waals surface area contributed by atoms with Crippen molar-refractivity contribution < 1.29 is 14.3 Å². The zero-order valence-corrected chi connectivity index (χ0v) is 10.3. The summed E-state index contributed by atoms with van der Waals surface area (Å²) in [6.07, 6.45) is -0.421. The van der Waals surface area contributed by atoms with Crippen molar-refractivity contribution in [3.63, 3.8) is 0 Å². The van der Waals surface area contributed by atoms with Gasteiger partial charge in [0, 0.05) is 17.0 Å². The van der Waals surface area contributed by atoms with E-state index in [0.717, 1.165) is 4.90 Å². The van der Waals surface area contributed by atoms with Crippen molar-refractivity contribution in [1.29, 1.82) is 0 Å². The quantitative estimate of drug-likeness (QED) is 0.815. The number of hydrogen-bond acceptors (Lipinski definition) is 3. The summed E-state index contributed by atoms with van der Waals surface area (Å²) in [6.45, 7) is 0.0502. The molecule has 1 aromatic carbocycles. The molecule has 1 saturated heterocycles. The second kappa shape index (κ2) is 5.06. The molecule has 0 radical (unpaired) electrons. The largest absolute Gasteiger partial charge is 0.388 e. The molecule has 5 heteroatoms. The number of rotatable bonds is 2. The number of alkyl halides is 1. The van der Waals surface area contributed by atoms with Gasteiger partial charge in [0.15, 0.2) is 0 Å². The average molecular weight is 255 g/mol. The van der Waals surface area contributed by atoms with Gasteiger partial charge in [-0.1, -0.05) is 0 Å². The predicted octanol–water partition coefficient (Wildman–Crippen LogP) is 1.56. The van der Waals surface area contributed by atoms with Crippen LogP contribution in [-0.4, -0.2) is 47.5 Å². The van der Waals surface area contributed by atoms with Gasteiger partial charge in [-0.05, 0) is 30.5 Å². The maximum absolute atomic E-state index is 13.1. The van der Waals surface area contributed by atoms with Crippen molar-refractivity contribution in [3.05, 3.63) is 29.8 Å². The lowest BCUT2D eigenvalue weighted by Crippen LogP contribution is -2.29. The highest BCUT2D eigenvalue weighted by atomic mass is 32.2. The standard InChI is InChI=1S/C12H14FNO2S/c1-17-9-4-2-8(3-5-9)12(16)14-6-10(13)11(15)7-14/h2-5,10-11,15H,6-7H2,1H3/t10-,11-/m1/s1. The van der Waals surface area contributed by atoms with E-state index in [1.807, 2.05) is 18.4 Å². The van der Waals surface area contributed by atoms with Crippen LogP contribution >= 0.6 is 11.8 Å². The molecule has 1 amide bonds. The van der Waals surface area contributed by atoms with E-state index in [9.17, 15) is 14.3 Å². The minimum absolute atomic E-state index is 0.0235. The summed E-state index contributed by atoms with van der Waals surface area (Å²) in [6, 6.07) is 7.17. The van der Waals surface area contributed by atoms with Crippen molar-refractivity contribution in [2.75, 3.05) is 19.3 Å². The van der Waals surface area contributed by atoms with Crippen molar-refractivity contribution >= 4 is 17.7 Å². The molecule has 0 spiro atoms. The number of aliphatic hydroxyl groups is 1. The van der Waals surface area contributed by atoms with E-state index in [0.29, 0.717) is 5.56 Å². The summed E-state index contributed by atoms with van der Waals surface area (Å²) in [5.74, 6) is -0.225. The van der Waals surface area contributed by atoms with E-state index in [1.54, 1.807) is 23.9 Å². The van der Waals surface area contributed by atoms with E-state index >= 15 is 0 Å². The molecule has 1 N–H and O–H groups in total. The van der Waals surface area contributed by atoms with Crippen molar-refractivity contribution in [2.45, 2.75) is 17.2 Å². The number of halogens is 1. The van der Waals surface area contributed by atoms with Crippen LogP contribution in [0.5, 0.6) is 0 Å². The fourth-order valence-electron chi connectivity index (χ4n) is 1.83. The van der Waals surface area contributed by atoms with Crippen molar-refractivity contribution in [3.8, 4) is 0 Å². The summed E-state index contributed by atoms with van der Waals surface area (Å²) in [4.78, 5) is 14.4. The SMILES string of the molecule is CSc1ccc(C(=O)N2C[C@@H](O)[C@H](F)C2)cc1. The molecule has 0 saturated carbocycles. The molecular formula is C12H14FNO2S. The van der Waals surface area contributed by atoms with Gasteiger partial charge in [-0.15, -0.1) is 11.8 Å². The zero-order chi connectivity index (χ0) is 12.4. The molecule has 1 fully saturated rings. The molecule has 1 heterocycles. The van der Waals surface area contributed by atoms with Gasteiger partial charge in [-0.25, -0.2) is 4.39 Å². The molecule has 92 valence electrons. The Bertz CT molecular complexity index is 399. The van der Waals surface area contributed by atoms with Crippen LogP contribution in [0.4, 0.5) is 4.39 Å². The van der Waals surface area contributed by atoms with Crippen LogP contribution in [-0.2, 0) is 0 Å². The maximum Gasteiger partial charge on any atom is 0.254 e. The molecule has 1 aromatic rings. The molecule has 0 unspecified atom stereocenters. The molecule has 2 atom stereocenters. The predicted molar refractivity (Wildman–Crippen MR) is 65.0 cm³/mol. The number of carbonyl (C=O) groups is 1. The van der Waals surface area contributed by atoms with Crippen LogP contribution in [0.2, 0.25) is 0 Å². The highest BCUT2D eigenvalue weighted by Crippen LogP contribution is 2.19. The number of thioether (sulfide) groups is 1. The number of aliphatic hydroxyl groups excluding tert-OH is 1. The van der Waals surface area contributed by atoms with E-state index in [-0.39, 0.29) is 19.0 Å². The zero-order valence-electron chi connectivity index (χ0n) is 9.47. The van der Waals surface area contributed by atoms with Crippen LogP contribution in [0.15, 0.2) is 29.2 Å². The first-order valence-electron chi connectivity index (χ1n) is 5.37. The maximum atomic E-state index is 13.1. The molecule has 0 aromatic heterocycles. The second-order valence-corrected chi connectivity index (χ2v) is 4.90. The summed E-state index contributed by atoms with van der Waals surface area (Å²) in [5, 5.41) is 9.27. The first-order valence-corrected chi connectivity index (χ1v) is 6.59. The van der Waals surface area contributed by atoms with Crippen LogP contribution < -0.4 is 0 Å². The summed E-state index contributed by atoms with van der Waals surface area (Å²) >= 11 is 1.60. The molecule has 2 rings (SSSR count). The van der Waals surface area contributed by atoms with E-state index < -0.39 is 12.3 Å². The van der Waals surface area contributed by atoms with E-state index in [1.165, 1.54) is 4.90 Å². The Morgan fingerprint density at radius 3 is 2.53 bits per heavy atom. The smallest absolute Gasteiger partial charge is 0.254 e. The highest BCUT2D eigenvalue weighted by Gasteiger charge is 2.34. The minimum atomic E-state index is -1.33. The Morgan fingerprint density at radius 2 is 2.06 bits per heavy atom. The molecule has 1 aliphatic rings. The van der Waals surface area contributed by atoms with E-state index in [4.69, 9.17) is 0 Å². The van der Waals surface area contributed by atoms with Crippen molar-refractivity contribution in [1.82, 2.24) is 4.90 Å². The van der Waals surface area contributed by atoms with Gasteiger partial charge in [0.05, 0.1) is 6.54 Å². The van der Waals surface area contributed by atoms with E-state index in [2.05, 4.69) is 0 Å². The lowest BCUT2D eigenvalue weighted by Gasteiger charge is -2.15. The lowest BCUT2D eigenvalue weighted by atomic mass is 10.2. The van der Waals surface area contributed by atoms with Gasteiger partial charge in [-0.2, -0.15) is 0 Å². The third-order valence-corrected chi connectivity index (χ3v) is 3.59. The normalized spacial score (nSPS) is 24.1. The lowest BCUT2D eigenvalue weighted by molar-refractivity contribution is 0.0764. The molecule has 3 nitrogen and oxygen atoms in total. The Morgan fingerprint density at radius 1 is 1.41 bits per heavy atom. The number of benzene rings is 1. The third-order valence-electron chi connectivity index (χ3n) is 2.84. The average Bonchev–Trinajstić information content (AvgIpc) is 2.69. The first-order chi connectivity index (χ1) is 8.11. The third kappa shape index (κ3) is 2.61. The number of amides is 1. The Hall–Kier alpha value is -1.07. The first kappa shape index (κ1) is 12.4. The summed E-state index contributed by atoms with van der Waals surface area (Å²) in [7, 11) is 0. The fraction of sp³-hybridized carbons (Fsp3) is 0.417. The Balaban J connectivity index is 2.09. The fourth-order valence-corrected chi connectivity index (χ4v) is 2.24. The molecular weight excluding hydrogens is 241 g/mol. The number of hydrogen-bond donors (Lipinski definition) is 1. The molecule has 0 aliphatic carbocycles. The Labute approximate surface area is 104 Å². The monoisotopic (exact) mass is 255 g/mol. The summed E-state index contributed by atoms with van der Waals surface area (Å²) < 4.78 is 13.1. The van der Waals surface area contributed by atoms with Gasteiger partial charge in [0.1, 0.15) is 12.3 Å². The molecule has 17 heavy (non-hydrogen) atoms.